The van der Waals surface area contributed by atoms with Crippen LogP contribution in [-0.4, -0.2) is 36.6 Å². The van der Waals surface area contributed by atoms with Crippen LogP contribution in [-0.2, 0) is 14.2 Å². The second-order valence-corrected chi connectivity index (χ2v) is 6.18. The maximum absolute atomic E-state index is 5.59. The molecular weight excluding hydrogens is 192 g/mol. The molecule has 0 aromatic rings. The third-order valence-corrected chi connectivity index (χ3v) is 4.09. The largest absolute Gasteiger partial charge is 0.370 e. The minimum absolute atomic E-state index is 0.101. The fraction of sp³-hybridized carbons (Fsp3) is 1.00. The molecule has 0 aromatic heterocycles. The summed E-state index contributed by atoms with van der Waals surface area (Å²) in [5, 5.41) is 0. The van der Waals surface area contributed by atoms with Gasteiger partial charge in [-0.15, -0.1) is 0 Å². The highest BCUT2D eigenvalue weighted by atomic mass is 16.6. The van der Waals surface area contributed by atoms with Crippen LogP contribution < -0.4 is 0 Å². The molecule has 3 aliphatic heterocycles. The van der Waals surface area contributed by atoms with Crippen LogP contribution in [0.2, 0.25) is 0 Å². The predicted octanol–water partition coefficient (Wildman–Crippen LogP) is 1.75. The van der Waals surface area contributed by atoms with Crippen LogP contribution in [0, 0.1) is 5.92 Å². The summed E-state index contributed by atoms with van der Waals surface area (Å²) in [4.78, 5) is 0. The molecule has 0 bridgehead atoms. The van der Waals surface area contributed by atoms with Crippen molar-refractivity contribution in [3.05, 3.63) is 0 Å². The number of epoxide rings is 3. The molecule has 3 heteroatoms. The Morgan fingerprint density at radius 1 is 0.867 bits per heavy atom. The molecule has 3 aliphatic rings. The molecule has 3 fully saturated rings. The van der Waals surface area contributed by atoms with E-state index in [0.717, 1.165) is 32.7 Å². The van der Waals surface area contributed by atoms with Gasteiger partial charge in [-0.25, -0.2) is 0 Å². The first-order chi connectivity index (χ1) is 6.93. The maximum atomic E-state index is 5.59. The molecule has 15 heavy (non-hydrogen) atoms. The number of rotatable bonds is 5. The van der Waals surface area contributed by atoms with E-state index in [0.29, 0.717) is 5.92 Å². The second-order valence-electron chi connectivity index (χ2n) is 6.18. The molecule has 3 atom stereocenters. The van der Waals surface area contributed by atoms with E-state index >= 15 is 0 Å². The fourth-order valence-electron chi connectivity index (χ4n) is 2.38. The molecule has 86 valence electrons. The van der Waals surface area contributed by atoms with Crippen molar-refractivity contribution in [2.45, 2.75) is 50.4 Å². The van der Waals surface area contributed by atoms with Crippen LogP contribution >= 0.6 is 0 Å². The van der Waals surface area contributed by atoms with Crippen molar-refractivity contribution in [3.63, 3.8) is 0 Å². The van der Waals surface area contributed by atoms with Gasteiger partial charge in [0.2, 0.25) is 0 Å². The average molecular weight is 212 g/mol. The Balaban J connectivity index is 1.65. The van der Waals surface area contributed by atoms with E-state index in [2.05, 4.69) is 20.8 Å². The number of ether oxygens (including phenoxy) is 3. The highest BCUT2D eigenvalue weighted by Crippen LogP contribution is 2.49. The van der Waals surface area contributed by atoms with Gasteiger partial charge in [-0.05, 0) is 39.5 Å². The van der Waals surface area contributed by atoms with Crippen molar-refractivity contribution in [1.82, 2.24) is 0 Å². The highest BCUT2D eigenvalue weighted by molar-refractivity contribution is 5.04. The van der Waals surface area contributed by atoms with E-state index in [1.54, 1.807) is 0 Å². The number of hydrogen-bond acceptors (Lipinski definition) is 3. The molecule has 0 saturated carbocycles. The molecule has 3 heterocycles. The summed E-state index contributed by atoms with van der Waals surface area (Å²) in [6.07, 6.45) is 2.23. The summed E-state index contributed by atoms with van der Waals surface area (Å²) in [5.41, 5.74) is 0.361. The molecule has 0 radical (unpaired) electrons. The van der Waals surface area contributed by atoms with Gasteiger partial charge in [0.05, 0.1) is 36.6 Å². The van der Waals surface area contributed by atoms with E-state index in [4.69, 9.17) is 14.2 Å². The van der Waals surface area contributed by atoms with Gasteiger partial charge in [-0.3, -0.25) is 0 Å². The summed E-state index contributed by atoms with van der Waals surface area (Å²) in [6.45, 7) is 9.34. The topological polar surface area (TPSA) is 37.6 Å². The second kappa shape index (κ2) is 2.76. The zero-order valence-corrected chi connectivity index (χ0v) is 9.84. The van der Waals surface area contributed by atoms with Crippen molar-refractivity contribution in [3.8, 4) is 0 Å². The van der Waals surface area contributed by atoms with Crippen LogP contribution in [0.5, 0.6) is 0 Å². The first kappa shape index (κ1) is 10.1. The Hall–Kier alpha value is -0.120. The normalized spacial score (nSPS) is 53.8. The maximum Gasteiger partial charge on any atom is 0.0918 e. The standard InChI is InChI=1S/C12H20O3/c1-10(6-13-10)4-9(12(3)8-15-12)5-11(2)7-14-11/h9H,4-8H2,1-3H3. The first-order valence-corrected chi connectivity index (χ1v) is 5.85. The summed E-state index contributed by atoms with van der Waals surface area (Å²) in [6, 6.07) is 0. The summed E-state index contributed by atoms with van der Waals surface area (Å²) in [7, 11) is 0. The predicted molar refractivity (Wildman–Crippen MR) is 55.8 cm³/mol. The third kappa shape index (κ3) is 2.05. The molecular formula is C12H20O3. The van der Waals surface area contributed by atoms with Crippen LogP contribution in [0.3, 0.4) is 0 Å². The molecule has 0 amide bonds. The molecule has 3 rings (SSSR count). The van der Waals surface area contributed by atoms with Gasteiger partial charge in [-0.2, -0.15) is 0 Å². The van der Waals surface area contributed by atoms with E-state index in [-0.39, 0.29) is 16.8 Å². The van der Waals surface area contributed by atoms with Crippen molar-refractivity contribution in [1.29, 1.82) is 0 Å². The minimum atomic E-state index is 0.101. The van der Waals surface area contributed by atoms with Crippen molar-refractivity contribution in [2.24, 2.45) is 5.92 Å². The van der Waals surface area contributed by atoms with Gasteiger partial charge >= 0.3 is 0 Å². The van der Waals surface area contributed by atoms with Gasteiger partial charge in [0.25, 0.3) is 0 Å². The third-order valence-electron chi connectivity index (χ3n) is 4.09. The minimum Gasteiger partial charge on any atom is -0.370 e. The van der Waals surface area contributed by atoms with E-state index in [9.17, 15) is 0 Å². The Labute approximate surface area is 91.1 Å². The lowest BCUT2D eigenvalue weighted by molar-refractivity contribution is 0.144. The van der Waals surface area contributed by atoms with E-state index in [1.165, 1.54) is 0 Å². The summed E-state index contributed by atoms with van der Waals surface area (Å²) < 4.78 is 16.6. The van der Waals surface area contributed by atoms with Crippen molar-refractivity contribution < 1.29 is 14.2 Å². The van der Waals surface area contributed by atoms with Crippen molar-refractivity contribution in [2.75, 3.05) is 19.8 Å². The Morgan fingerprint density at radius 3 is 1.53 bits per heavy atom. The van der Waals surface area contributed by atoms with Crippen LogP contribution in [0.25, 0.3) is 0 Å². The molecule has 3 saturated heterocycles. The van der Waals surface area contributed by atoms with E-state index < -0.39 is 0 Å². The Kier molecular flexibility index (Phi) is 1.85. The van der Waals surface area contributed by atoms with Gasteiger partial charge in [0.1, 0.15) is 0 Å². The summed E-state index contributed by atoms with van der Waals surface area (Å²) in [5.74, 6) is 0.581. The van der Waals surface area contributed by atoms with Crippen LogP contribution in [0.1, 0.15) is 33.6 Å². The molecule has 0 aromatic carbocycles. The first-order valence-electron chi connectivity index (χ1n) is 5.85. The lowest BCUT2D eigenvalue weighted by Gasteiger charge is -2.24. The van der Waals surface area contributed by atoms with Gasteiger partial charge in [0.15, 0.2) is 0 Å². The van der Waals surface area contributed by atoms with E-state index in [1.807, 2.05) is 0 Å². The number of hydrogen-bond donors (Lipinski definition) is 0. The zero-order valence-electron chi connectivity index (χ0n) is 9.84. The van der Waals surface area contributed by atoms with Crippen LogP contribution in [0.15, 0.2) is 0 Å². The molecule has 0 N–H and O–H groups in total. The van der Waals surface area contributed by atoms with Gasteiger partial charge in [-0.1, -0.05) is 0 Å². The lowest BCUT2D eigenvalue weighted by atomic mass is 9.80. The monoisotopic (exact) mass is 212 g/mol. The zero-order chi connectivity index (χ0) is 10.7. The quantitative estimate of drug-likeness (QED) is 0.651. The summed E-state index contributed by atoms with van der Waals surface area (Å²) >= 11 is 0. The Bertz CT molecular complexity index is 255. The molecule has 3 nitrogen and oxygen atoms in total. The molecule has 0 spiro atoms. The molecule has 0 aliphatic carbocycles. The highest BCUT2D eigenvalue weighted by Gasteiger charge is 2.56. The fourth-order valence-corrected chi connectivity index (χ4v) is 2.38. The lowest BCUT2D eigenvalue weighted by Crippen LogP contribution is -2.30. The van der Waals surface area contributed by atoms with Crippen LogP contribution in [0.4, 0.5) is 0 Å². The van der Waals surface area contributed by atoms with Gasteiger partial charge in [0, 0.05) is 0 Å². The van der Waals surface area contributed by atoms with Gasteiger partial charge < -0.3 is 14.2 Å². The molecule has 3 unspecified atom stereocenters. The van der Waals surface area contributed by atoms with Crippen molar-refractivity contribution >= 4 is 0 Å². The average Bonchev–Trinajstić information content (AvgIpc) is 3.00. The SMILES string of the molecule is CC1(CC(CC2(C)CO2)C2(C)CO2)CO1. The smallest absolute Gasteiger partial charge is 0.0918 e. The Morgan fingerprint density at radius 2 is 1.27 bits per heavy atom.